The fourth-order valence-electron chi connectivity index (χ4n) is 2.37. The van der Waals surface area contributed by atoms with Crippen LogP contribution < -0.4 is 5.32 Å². The Kier molecular flexibility index (Phi) is 6.13. The highest BCUT2D eigenvalue weighted by atomic mass is 32.2. The van der Waals surface area contributed by atoms with E-state index in [-0.39, 0.29) is 0 Å². The van der Waals surface area contributed by atoms with Gasteiger partial charge < -0.3 is 5.32 Å². The van der Waals surface area contributed by atoms with Gasteiger partial charge in [-0.2, -0.15) is 15.0 Å². The molecule has 0 saturated heterocycles. The zero-order valence-electron chi connectivity index (χ0n) is 14.5. The lowest BCUT2D eigenvalue weighted by Gasteiger charge is -2.04. The largest absolute Gasteiger partial charge is 0.311 e. The molecule has 0 amide bonds. The maximum absolute atomic E-state index is 4.59. The van der Waals surface area contributed by atoms with Crippen LogP contribution in [0.4, 0.5) is 0 Å². The Labute approximate surface area is 151 Å². The van der Waals surface area contributed by atoms with E-state index >= 15 is 0 Å². The van der Waals surface area contributed by atoms with Gasteiger partial charge >= 0.3 is 0 Å². The van der Waals surface area contributed by atoms with E-state index in [1.54, 1.807) is 21.2 Å². The molecule has 0 spiro atoms. The average Bonchev–Trinajstić information content (AvgIpc) is 3.25. The Morgan fingerprint density at radius 3 is 2.72 bits per heavy atom. The van der Waals surface area contributed by atoms with Crippen molar-refractivity contribution in [3.05, 3.63) is 36.0 Å². The van der Waals surface area contributed by atoms with Crippen molar-refractivity contribution < 1.29 is 0 Å². The van der Waals surface area contributed by atoms with Crippen LogP contribution >= 0.6 is 11.8 Å². The molecule has 0 radical (unpaired) electrons. The number of benzene rings is 1. The molecule has 2 aromatic heterocycles. The van der Waals surface area contributed by atoms with Gasteiger partial charge in [0.2, 0.25) is 5.16 Å². The molecule has 0 aliphatic rings. The summed E-state index contributed by atoms with van der Waals surface area (Å²) in [6.45, 7) is 4.43. The molecule has 0 aliphatic carbocycles. The van der Waals surface area contributed by atoms with Crippen molar-refractivity contribution in [3.63, 3.8) is 0 Å². The quantitative estimate of drug-likeness (QED) is 0.461. The molecule has 0 saturated carbocycles. The van der Waals surface area contributed by atoms with Crippen LogP contribution in [-0.2, 0) is 20.1 Å². The van der Waals surface area contributed by atoms with Crippen molar-refractivity contribution in [1.29, 1.82) is 0 Å². The van der Waals surface area contributed by atoms with Crippen molar-refractivity contribution in [3.8, 4) is 11.3 Å². The summed E-state index contributed by atoms with van der Waals surface area (Å²) in [5.41, 5.74) is 3.04. The minimum absolute atomic E-state index is 0.709. The van der Waals surface area contributed by atoms with Crippen LogP contribution in [0.3, 0.4) is 0 Å². The molecular formula is C16H22N8S. The van der Waals surface area contributed by atoms with E-state index < -0.39 is 0 Å². The molecule has 25 heavy (non-hydrogen) atoms. The molecule has 0 aliphatic heterocycles. The first kappa shape index (κ1) is 17.6. The van der Waals surface area contributed by atoms with E-state index in [2.05, 4.69) is 43.2 Å². The number of nitrogens with zero attached hydrogens (tertiary/aromatic N) is 7. The van der Waals surface area contributed by atoms with E-state index in [1.165, 1.54) is 0 Å². The fourth-order valence-corrected chi connectivity index (χ4v) is 3.16. The lowest BCUT2D eigenvalue weighted by Crippen LogP contribution is -2.16. The normalized spacial score (nSPS) is 11.1. The van der Waals surface area contributed by atoms with Gasteiger partial charge in [0.15, 0.2) is 0 Å². The van der Waals surface area contributed by atoms with E-state index in [0.29, 0.717) is 6.54 Å². The molecule has 8 nitrogen and oxygen atoms in total. The van der Waals surface area contributed by atoms with Crippen LogP contribution in [0.5, 0.6) is 0 Å². The number of aromatic nitrogens is 7. The second-order valence-corrected chi connectivity index (χ2v) is 6.58. The van der Waals surface area contributed by atoms with Crippen molar-refractivity contribution >= 4 is 11.8 Å². The Bertz CT molecular complexity index is 783. The summed E-state index contributed by atoms with van der Waals surface area (Å²) < 4.78 is 1.69. The highest BCUT2D eigenvalue weighted by molar-refractivity contribution is 7.99. The second kappa shape index (κ2) is 8.72. The summed E-state index contributed by atoms with van der Waals surface area (Å²) in [5, 5.41) is 24.9. The van der Waals surface area contributed by atoms with Crippen molar-refractivity contribution in [2.75, 3.05) is 12.3 Å². The molecule has 9 heteroatoms. The zero-order chi connectivity index (χ0) is 17.5. The molecule has 0 unspecified atom stereocenters. The molecule has 2 heterocycles. The van der Waals surface area contributed by atoms with E-state index in [0.717, 1.165) is 47.4 Å². The first-order valence-corrected chi connectivity index (χ1v) is 9.31. The standard InChI is InChI=1S/C16H22N8S/c1-3-24-19-14(15(20-24)13-8-5-4-6-9-13)12-17-10-7-11-25-16-18-21-22-23(16)2/h4-6,8-9,17H,3,7,10-12H2,1-2H3. The molecule has 0 bridgehead atoms. The number of tetrazole rings is 1. The highest BCUT2D eigenvalue weighted by Crippen LogP contribution is 2.20. The minimum atomic E-state index is 0.709. The van der Waals surface area contributed by atoms with Crippen molar-refractivity contribution in [2.45, 2.75) is 31.6 Å². The summed E-state index contributed by atoms with van der Waals surface area (Å²) in [4.78, 5) is 1.75. The van der Waals surface area contributed by atoms with Crippen LogP contribution in [0.25, 0.3) is 11.3 Å². The molecule has 132 valence electrons. The van der Waals surface area contributed by atoms with Gasteiger partial charge in [-0.1, -0.05) is 42.1 Å². The number of aryl methyl sites for hydroxylation is 2. The monoisotopic (exact) mass is 358 g/mol. The first-order chi connectivity index (χ1) is 12.3. The third kappa shape index (κ3) is 4.64. The van der Waals surface area contributed by atoms with Gasteiger partial charge in [-0.05, 0) is 30.3 Å². The predicted molar refractivity (Wildman–Crippen MR) is 97.0 cm³/mol. The SMILES string of the molecule is CCn1nc(CNCCCSc2nnnn2C)c(-c2ccccc2)n1. The molecule has 0 atom stereocenters. The Hall–Kier alpha value is -2.26. The third-order valence-electron chi connectivity index (χ3n) is 3.66. The van der Waals surface area contributed by atoms with Crippen molar-refractivity contribution in [2.24, 2.45) is 7.05 Å². The molecule has 1 N–H and O–H groups in total. The fraction of sp³-hybridized carbons (Fsp3) is 0.438. The summed E-state index contributed by atoms with van der Waals surface area (Å²) in [5.74, 6) is 0.967. The molecule has 3 rings (SSSR count). The molecule has 0 fully saturated rings. The lowest BCUT2D eigenvalue weighted by atomic mass is 10.1. The number of thioether (sulfide) groups is 1. The number of rotatable bonds is 9. The maximum Gasteiger partial charge on any atom is 0.209 e. The lowest BCUT2D eigenvalue weighted by molar-refractivity contribution is 0.557. The van der Waals surface area contributed by atoms with Gasteiger partial charge in [0.1, 0.15) is 11.4 Å². The van der Waals surface area contributed by atoms with Crippen LogP contribution in [-0.4, -0.2) is 47.5 Å². The van der Waals surface area contributed by atoms with Gasteiger partial charge in [0.05, 0.1) is 6.54 Å². The van der Waals surface area contributed by atoms with E-state index in [4.69, 9.17) is 0 Å². The Morgan fingerprint density at radius 2 is 2.00 bits per heavy atom. The van der Waals surface area contributed by atoms with Crippen LogP contribution in [0.2, 0.25) is 0 Å². The smallest absolute Gasteiger partial charge is 0.209 e. The van der Waals surface area contributed by atoms with Crippen LogP contribution in [0.1, 0.15) is 19.0 Å². The average molecular weight is 358 g/mol. The van der Waals surface area contributed by atoms with Gasteiger partial charge in [0.25, 0.3) is 0 Å². The van der Waals surface area contributed by atoms with Gasteiger partial charge in [-0.15, -0.1) is 5.10 Å². The van der Waals surface area contributed by atoms with Gasteiger partial charge in [-0.3, -0.25) is 0 Å². The Morgan fingerprint density at radius 1 is 1.16 bits per heavy atom. The summed E-state index contributed by atoms with van der Waals surface area (Å²) in [6.07, 6.45) is 1.03. The third-order valence-corrected chi connectivity index (χ3v) is 4.75. The van der Waals surface area contributed by atoms with E-state index in [9.17, 15) is 0 Å². The van der Waals surface area contributed by atoms with Crippen LogP contribution in [0.15, 0.2) is 35.5 Å². The topological polar surface area (TPSA) is 86.3 Å². The van der Waals surface area contributed by atoms with Gasteiger partial charge in [-0.25, -0.2) is 4.68 Å². The second-order valence-electron chi connectivity index (χ2n) is 5.51. The highest BCUT2D eigenvalue weighted by Gasteiger charge is 2.12. The number of hydrogen-bond acceptors (Lipinski definition) is 7. The first-order valence-electron chi connectivity index (χ1n) is 8.33. The molecule has 1 aromatic carbocycles. The molecule has 3 aromatic rings. The van der Waals surface area contributed by atoms with E-state index in [1.807, 2.05) is 32.2 Å². The predicted octanol–water partition coefficient (Wildman–Crippen LogP) is 1.76. The maximum atomic E-state index is 4.59. The minimum Gasteiger partial charge on any atom is -0.311 e. The number of nitrogens with one attached hydrogen (secondary N) is 1. The molecular weight excluding hydrogens is 336 g/mol. The number of hydrogen-bond donors (Lipinski definition) is 1. The van der Waals surface area contributed by atoms with Crippen molar-refractivity contribution in [1.82, 2.24) is 40.5 Å². The Balaban J connectivity index is 1.49. The van der Waals surface area contributed by atoms with Gasteiger partial charge in [0, 0.05) is 24.9 Å². The summed E-state index contributed by atoms with van der Waals surface area (Å²) >= 11 is 1.66. The zero-order valence-corrected chi connectivity index (χ0v) is 15.3. The summed E-state index contributed by atoms with van der Waals surface area (Å²) in [7, 11) is 1.85. The van der Waals surface area contributed by atoms with Crippen LogP contribution in [0, 0.1) is 0 Å². The summed E-state index contributed by atoms with van der Waals surface area (Å²) in [6, 6.07) is 10.2.